The minimum absolute atomic E-state index is 0.198. The van der Waals surface area contributed by atoms with Crippen molar-refractivity contribution in [1.29, 1.82) is 0 Å². The fourth-order valence-electron chi connectivity index (χ4n) is 3.04. The van der Waals surface area contributed by atoms with E-state index in [0.29, 0.717) is 23.5 Å². The molecular formula is C24H21N7O. The summed E-state index contributed by atoms with van der Waals surface area (Å²) < 4.78 is 1.72. The number of benzene rings is 1. The second kappa shape index (κ2) is 9.10. The number of pyridine rings is 1. The smallest absolute Gasteiger partial charge is 0.251 e. The number of amides is 1. The van der Waals surface area contributed by atoms with E-state index < -0.39 is 0 Å². The monoisotopic (exact) mass is 423 g/mol. The normalized spacial score (nSPS) is 10.3. The lowest BCUT2D eigenvalue weighted by Crippen LogP contribution is -2.23. The summed E-state index contributed by atoms with van der Waals surface area (Å²) in [5.74, 6) is 6.38. The highest BCUT2D eigenvalue weighted by molar-refractivity contribution is 5.94. The first-order chi connectivity index (χ1) is 15.5. The Hall–Kier alpha value is -4.51. The number of carbonyl (C=O) groups excluding carboxylic acids is 1. The maximum atomic E-state index is 12.6. The lowest BCUT2D eigenvalue weighted by molar-refractivity contribution is 0.0951. The summed E-state index contributed by atoms with van der Waals surface area (Å²) in [6, 6.07) is 7.31. The Morgan fingerprint density at radius 2 is 1.84 bits per heavy atom. The molecule has 1 aromatic carbocycles. The van der Waals surface area contributed by atoms with Gasteiger partial charge in [-0.2, -0.15) is 5.10 Å². The van der Waals surface area contributed by atoms with Crippen LogP contribution in [0.2, 0.25) is 0 Å². The summed E-state index contributed by atoms with van der Waals surface area (Å²) in [5.41, 5.74) is 11.5. The van der Waals surface area contributed by atoms with Crippen molar-refractivity contribution >= 4 is 11.7 Å². The first-order valence-electron chi connectivity index (χ1n) is 9.89. The van der Waals surface area contributed by atoms with E-state index in [0.717, 1.165) is 27.8 Å². The Bertz CT molecular complexity index is 1330. The second-order valence-electron chi connectivity index (χ2n) is 7.27. The van der Waals surface area contributed by atoms with E-state index >= 15 is 0 Å². The minimum Gasteiger partial charge on any atom is -0.383 e. The van der Waals surface area contributed by atoms with Gasteiger partial charge in [-0.15, -0.1) is 0 Å². The number of aryl methyl sites for hydroxylation is 2. The molecule has 4 aromatic rings. The maximum Gasteiger partial charge on any atom is 0.251 e. The number of hydrogen-bond donors (Lipinski definition) is 2. The van der Waals surface area contributed by atoms with Gasteiger partial charge in [0.1, 0.15) is 12.1 Å². The molecule has 0 spiro atoms. The number of aromatic nitrogens is 5. The highest BCUT2D eigenvalue weighted by Crippen LogP contribution is 2.21. The van der Waals surface area contributed by atoms with E-state index in [-0.39, 0.29) is 5.91 Å². The summed E-state index contributed by atoms with van der Waals surface area (Å²) in [6.45, 7) is 2.29. The van der Waals surface area contributed by atoms with Gasteiger partial charge in [0.25, 0.3) is 5.91 Å². The van der Waals surface area contributed by atoms with Crippen LogP contribution in [-0.2, 0) is 13.6 Å². The van der Waals surface area contributed by atoms with Crippen LogP contribution >= 0.6 is 0 Å². The molecular weight excluding hydrogens is 402 g/mol. The average Bonchev–Trinajstić information content (AvgIpc) is 3.24. The molecule has 158 valence electrons. The number of nitrogen functional groups attached to an aromatic ring is 1. The Labute approximate surface area is 185 Å². The van der Waals surface area contributed by atoms with Crippen LogP contribution in [-0.4, -0.2) is 30.6 Å². The number of nitrogens with one attached hydrogen (secondary N) is 1. The molecule has 4 rings (SSSR count). The van der Waals surface area contributed by atoms with Gasteiger partial charge in [-0.1, -0.05) is 17.9 Å². The molecule has 3 N–H and O–H groups in total. The van der Waals surface area contributed by atoms with Crippen molar-refractivity contribution in [3.63, 3.8) is 0 Å². The molecule has 0 atom stereocenters. The van der Waals surface area contributed by atoms with Gasteiger partial charge in [0.05, 0.1) is 11.8 Å². The molecule has 0 fully saturated rings. The predicted molar refractivity (Wildman–Crippen MR) is 121 cm³/mol. The Morgan fingerprint density at radius 3 is 2.59 bits per heavy atom. The summed E-state index contributed by atoms with van der Waals surface area (Å²) >= 11 is 0. The van der Waals surface area contributed by atoms with Gasteiger partial charge in [-0.25, -0.2) is 15.0 Å². The highest BCUT2D eigenvalue weighted by Gasteiger charge is 2.08. The van der Waals surface area contributed by atoms with E-state index in [2.05, 4.69) is 37.2 Å². The molecule has 0 unspecified atom stereocenters. The molecule has 8 nitrogen and oxygen atoms in total. The van der Waals surface area contributed by atoms with Gasteiger partial charge in [0.15, 0.2) is 0 Å². The van der Waals surface area contributed by atoms with Gasteiger partial charge >= 0.3 is 0 Å². The van der Waals surface area contributed by atoms with Crippen molar-refractivity contribution in [2.75, 3.05) is 5.73 Å². The van der Waals surface area contributed by atoms with Crippen LogP contribution in [0.1, 0.15) is 32.6 Å². The summed E-state index contributed by atoms with van der Waals surface area (Å²) in [6.07, 6.45) is 10.1. The highest BCUT2D eigenvalue weighted by atomic mass is 16.1. The lowest BCUT2D eigenvalue weighted by atomic mass is 10.0. The third-order valence-electron chi connectivity index (χ3n) is 4.86. The molecule has 32 heavy (non-hydrogen) atoms. The molecule has 3 heterocycles. The first-order valence-corrected chi connectivity index (χ1v) is 9.89. The van der Waals surface area contributed by atoms with Crippen molar-refractivity contribution in [3.8, 4) is 23.0 Å². The summed E-state index contributed by atoms with van der Waals surface area (Å²) in [4.78, 5) is 24.7. The van der Waals surface area contributed by atoms with Crippen LogP contribution in [0, 0.1) is 18.8 Å². The Morgan fingerprint density at radius 1 is 1.06 bits per heavy atom. The molecule has 0 radical (unpaired) electrons. The third-order valence-corrected chi connectivity index (χ3v) is 4.86. The summed E-state index contributed by atoms with van der Waals surface area (Å²) in [5, 5.41) is 7.06. The van der Waals surface area contributed by atoms with E-state index in [9.17, 15) is 4.79 Å². The molecule has 0 bridgehead atoms. The quantitative estimate of drug-likeness (QED) is 0.488. The fraction of sp³-hybridized carbons (Fsp3) is 0.125. The van der Waals surface area contributed by atoms with Crippen LogP contribution in [0.4, 0.5) is 5.82 Å². The Balaban J connectivity index is 1.56. The maximum absolute atomic E-state index is 12.6. The number of nitrogens with zero attached hydrogens (tertiary/aromatic N) is 5. The van der Waals surface area contributed by atoms with Crippen molar-refractivity contribution in [3.05, 3.63) is 89.4 Å². The van der Waals surface area contributed by atoms with Crippen LogP contribution in [0.5, 0.6) is 0 Å². The SMILES string of the molecule is Cc1ccc(C(=O)NCc2cncnc2)cc1C#Cc1cc(-c2cnn(C)c2)cnc1N. The molecule has 3 aromatic heterocycles. The molecule has 1 amide bonds. The van der Waals surface area contributed by atoms with E-state index in [1.807, 2.05) is 32.3 Å². The fourth-order valence-corrected chi connectivity index (χ4v) is 3.04. The van der Waals surface area contributed by atoms with Gasteiger partial charge in [0, 0.05) is 66.2 Å². The van der Waals surface area contributed by atoms with Crippen molar-refractivity contribution < 1.29 is 4.79 Å². The number of carbonyl (C=O) groups is 1. The zero-order valence-corrected chi connectivity index (χ0v) is 17.7. The minimum atomic E-state index is -0.198. The Kier molecular flexibility index (Phi) is 5.90. The molecule has 0 aliphatic rings. The van der Waals surface area contributed by atoms with Crippen LogP contribution in [0.3, 0.4) is 0 Å². The topological polar surface area (TPSA) is 112 Å². The standard InChI is InChI=1S/C24H21N7O/c1-16-3-4-20(24(32)29-11-17-9-26-15-27-10-17)7-18(16)5-6-19-8-21(12-28-23(19)25)22-13-30-31(2)14-22/h3-4,7-10,12-15H,11H2,1-2H3,(H2,25,28)(H,29,32). The van der Waals surface area contributed by atoms with Crippen molar-refractivity contribution in [1.82, 2.24) is 30.0 Å². The molecule has 0 saturated carbocycles. The zero-order valence-electron chi connectivity index (χ0n) is 17.7. The lowest BCUT2D eigenvalue weighted by Gasteiger charge is -2.07. The average molecular weight is 423 g/mol. The number of nitrogens with two attached hydrogens (primary N) is 1. The van der Waals surface area contributed by atoms with E-state index in [1.165, 1.54) is 6.33 Å². The molecule has 0 aliphatic heterocycles. The van der Waals surface area contributed by atoms with E-state index in [1.54, 1.807) is 41.6 Å². The largest absolute Gasteiger partial charge is 0.383 e. The molecule has 0 aliphatic carbocycles. The van der Waals surface area contributed by atoms with Gasteiger partial charge < -0.3 is 11.1 Å². The second-order valence-corrected chi connectivity index (χ2v) is 7.27. The van der Waals surface area contributed by atoms with E-state index in [4.69, 9.17) is 5.73 Å². The van der Waals surface area contributed by atoms with Gasteiger partial charge in [-0.3, -0.25) is 9.48 Å². The first kappa shape index (κ1) is 20.8. The predicted octanol–water partition coefficient (Wildman–Crippen LogP) is 2.49. The zero-order chi connectivity index (χ0) is 22.5. The molecule has 0 saturated heterocycles. The van der Waals surface area contributed by atoms with Gasteiger partial charge in [-0.05, 0) is 30.7 Å². The van der Waals surface area contributed by atoms with Crippen LogP contribution in [0.25, 0.3) is 11.1 Å². The molecule has 8 heteroatoms. The van der Waals surface area contributed by atoms with Crippen molar-refractivity contribution in [2.45, 2.75) is 13.5 Å². The number of hydrogen-bond acceptors (Lipinski definition) is 6. The van der Waals surface area contributed by atoms with Crippen molar-refractivity contribution in [2.24, 2.45) is 7.05 Å². The summed E-state index contributed by atoms with van der Waals surface area (Å²) in [7, 11) is 1.86. The van der Waals surface area contributed by atoms with Crippen LogP contribution in [0.15, 0.2) is 61.6 Å². The third kappa shape index (κ3) is 4.79. The number of rotatable bonds is 4. The van der Waals surface area contributed by atoms with Gasteiger partial charge in [0.2, 0.25) is 0 Å². The number of anilines is 1. The van der Waals surface area contributed by atoms with Crippen LogP contribution < -0.4 is 11.1 Å².